The van der Waals surface area contributed by atoms with Gasteiger partial charge in [-0.25, -0.2) is 4.79 Å². The van der Waals surface area contributed by atoms with Crippen molar-refractivity contribution in [3.63, 3.8) is 0 Å². The van der Waals surface area contributed by atoms with Crippen molar-refractivity contribution < 1.29 is 112 Å². The molecule has 0 aromatic carbocycles. The summed E-state index contributed by atoms with van der Waals surface area (Å²) >= 11 is 8.35. The van der Waals surface area contributed by atoms with Crippen LogP contribution in [0.5, 0.6) is 0 Å². The number of aliphatic carboxylic acids is 1. The van der Waals surface area contributed by atoms with Gasteiger partial charge in [-0.3, -0.25) is 113 Å². The van der Waals surface area contributed by atoms with Gasteiger partial charge < -0.3 is 182 Å². The van der Waals surface area contributed by atoms with Crippen LogP contribution in [-0.2, 0) is 91.1 Å². The molecule has 2 fully saturated rings. The molecule has 2 rings (SSSR count). The van der Waals surface area contributed by atoms with Gasteiger partial charge in [-0.05, 0) is 143 Å². The fraction of sp³-hybridized carbons (Fsp3) is 0.688. The first kappa shape index (κ1) is 120. The molecule has 0 aromatic rings. The molecule has 772 valence electrons. The number of hydrogen-bond donors (Lipinski definition) is 39. The Morgan fingerprint density at radius 3 is 1.12 bits per heavy atom. The number of carbonyl (C=O) groups is 19. The third-order valence-electron chi connectivity index (χ3n) is 21.0. The molecular weight excluding hydrogens is 1850 g/mol. The number of nitrogens with zero attached hydrogens (tertiary/aromatic N) is 2. The lowest BCUT2D eigenvalue weighted by atomic mass is 10.0. The molecule has 0 unspecified atom stereocenters. The molecule has 137 heavy (non-hydrogen) atoms. The van der Waals surface area contributed by atoms with Gasteiger partial charge in [-0.15, -0.1) is 0 Å². The summed E-state index contributed by atoms with van der Waals surface area (Å²) in [6, 6.07) is -24.5. The zero-order valence-electron chi connectivity index (χ0n) is 76.6. The average Bonchev–Trinajstić information content (AvgIpc) is 1.70. The van der Waals surface area contributed by atoms with Crippen molar-refractivity contribution in [2.24, 2.45) is 45.9 Å². The number of rotatable bonds is 65. The van der Waals surface area contributed by atoms with E-state index in [4.69, 9.17) is 72.9 Å². The highest BCUT2D eigenvalue weighted by atomic mass is 32.1. The molecule has 0 spiro atoms. The number of aliphatic hydroxyl groups is 3. The van der Waals surface area contributed by atoms with Gasteiger partial charge in [0.05, 0.1) is 38.4 Å². The molecule has 60 heteroatoms. The number of primary amides is 1. The normalized spacial score (nSPS) is 16.4. The lowest BCUT2D eigenvalue weighted by Crippen LogP contribution is -2.62. The molecule has 0 radical (unpaired) electrons. The molecule has 2 aliphatic rings. The van der Waals surface area contributed by atoms with Crippen LogP contribution in [0.25, 0.3) is 0 Å². The highest BCUT2D eigenvalue weighted by Crippen LogP contribution is 2.24. The maximum Gasteiger partial charge on any atom is 0.326 e. The second-order valence-corrected chi connectivity index (χ2v) is 32.8. The minimum atomic E-state index is -1.94. The maximum atomic E-state index is 14.6. The van der Waals surface area contributed by atoms with E-state index in [1.54, 1.807) is 0 Å². The number of aliphatic hydroxyl groups excluding tert-OH is 3. The Bertz CT molecular complexity index is 4160. The van der Waals surface area contributed by atoms with E-state index in [1.165, 1.54) is 11.8 Å². The Hall–Kier alpha value is -13.2. The summed E-state index contributed by atoms with van der Waals surface area (Å²) in [6.45, 7) is 0.0288. The summed E-state index contributed by atoms with van der Waals surface area (Å²) in [5.74, 6) is -22.5. The molecule has 58 nitrogen and oxygen atoms in total. The van der Waals surface area contributed by atoms with Crippen LogP contribution in [0.15, 0.2) is 0 Å². The lowest BCUT2D eigenvalue weighted by Gasteiger charge is -2.32. The van der Waals surface area contributed by atoms with Crippen LogP contribution in [0.2, 0.25) is 0 Å². The van der Waals surface area contributed by atoms with Crippen LogP contribution < -0.4 is 152 Å². The van der Waals surface area contributed by atoms with Gasteiger partial charge in [0.1, 0.15) is 90.6 Å². The van der Waals surface area contributed by atoms with Crippen LogP contribution in [0.1, 0.15) is 143 Å². The Kier molecular flexibility index (Phi) is 55.9. The van der Waals surface area contributed by atoms with E-state index >= 15 is 0 Å². The summed E-state index contributed by atoms with van der Waals surface area (Å²) in [6.07, 6.45) is -1.71. The number of guanidine groups is 5. The van der Waals surface area contributed by atoms with Crippen molar-refractivity contribution in [2.45, 2.75) is 246 Å². The van der Waals surface area contributed by atoms with Crippen molar-refractivity contribution in [1.82, 2.24) is 116 Å². The number of thiol groups is 2. The number of unbranched alkanes of at least 4 members (excludes halogenated alkanes) is 1. The fourth-order valence-corrected chi connectivity index (χ4v) is 14.2. The highest BCUT2D eigenvalue weighted by Gasteiger charge is 2.44. The first-order chi connectivity index (χ1) is 64.6. The summed E-state index contributed by atoms with van der Waals surface area (Å²) in [4.78, 5) is 262. The van der Waals surface area contributed by atoms with Crippen LogP contribution in [-0.4, -0.2) is 365 Å². The number of likely N-dealkylation sites (tertiary alicyclic amines) is 2. The number of nitrogens with one attached hydrogen (secondary N) is 25. The van der Waals surface area contributed by atoms with Crippen molar-refractivity contribution in [2.75, 3.05) is 90.2 Å². The van der Waals surface area contributed by atoms with E-state index in [0.29, 0.717) is 19.3 Å². The second kappa shape index (κ2) is 63.9. The zero-order valence-corrected chi connectivity index (χ0v) is 78.4. The van der Waals surface area contributed by atoms with Crippen LogP contribution in [0, 0.1) is 27.0 Å². The molecular formula is C77H139N35O23S2. The van der Waals surface area contributed by atoms with Gasteiger partial charge >= 0.3 is 5.97 Å². The van der Waals surface area contributed by atoms with Crippen molar-refractivity contribution in [3.8, 4) is 0 Å². The first-order valence-corrected chi connectivity index (χ1v) is 45.5. The molecule has 18 amide bonds. The van der Waals surface area contributed by atoms with E-state index in [9.17, 15) is 112 Å². The maximum absolute atomic E-state index is 14.6. The van der Waals surface area contributed by atoms with E-state index in [2.05, 4.69) is 132 Å². The van der Waals surface area contributed by atoms with Gasteiger partial charge in [-0.1, -0.05) is 0 Å². The molecule has 17 atom stereocenters. The molecule has 0 saturated carbocycles. The monoisotopic (exact) mass is 1990 g/mol. The summed E-state index contributed by atoms with van der Waals surface area (Å²) < 4.78 is 0. The van der Waals surface area contributed by atoms with E-state index in [0.717, 1.165) is 18.7 Å². The smallest absolute Gasteiger partial charge is 0.326 e. The Morgan fingerprint density at radius 1 is 0.365 bits per heavy atom. The van der Waals surface area contributed by atoms with E-state index in [-0.39, 0.29) is 154 Å². The predicted octanol–water partition coefficient (Wildman–Crippen LogP) is -16.1. The van der Waals surface area contributed by atoms with Gasteiger partial charge in [0, 0.05) is 63.7 Å². The van der Waals surface area contributed by atoms with Gasteiger partial charge in [0.2, 0.25) is 106 Å². The third-order valence-corrected chi connectivity index (χ3v) is 21.8. The number of hydrogen-bond acceptors (Lipinski definition) is 31. The third kappa shape index (κ3) is 45.8. The minimum absolute atomic E-state index is 0.00408. The van der Waals surface area contributed by atoms with Gasteiger partial charge in [0.25, 0.3) is 0 Å². The lowest BCUT2D eigenvalue weighted by molar-refractivity contribution is -0.150. The van der Waals surface area contributed by atoms with E-state index in [1.807, 2.05) is 0 Å². The summed E-state index contributed by atoms with van der Waals surface area (Å²) in [5, 5.41) is 127. The zero-order chi connectivity index (χ0) is 103. The van der Waals surface area contributed by atoms with Gasteiger partial charge in [-0.2, -0.15) is 25.3 Å². The Labute approximate surface area is 800 Å². The first-order valence-electron chi connectivity index (χ1n) is 44.2. The van der Waals surface area contributed by atoms with Crippen molar-refractivity contribution in [1.29, 1.82) is 27.0 Å². The number of carbonyl (C=O) groups excluding carboxylic acids is 18. The van der Waals surface area contributed by atoms with Crippen molar-refractivity contribution in [3.05, 3.63) is 0 Å². The van der Waals surface area contributed by atoms with Crippen LogP contribution in [0.3, 0.4) is 0 Å². The van der Waals surface area contributed by atoms with E-state index < -0.39 is 284 Å². The molecule has 0 bridgehead atoms. The van der Waals surface area contributed by atoms with Crippen molar-refractivity contribution >= 4 is 167 Å². The Balaban J connectivity index is 2.33. The number of amides is 18. The fourth-order valence-electron chi connectivity index (χ4n) is 13.6. The summed E-state index contributed by atoms with van der Waals surface area (Å²) in [7, 11) is 0. The van der Waals surface area contributed by atoms with Crippen LogP contribution >= 0.6 is 25.3 Å². The molecule has 2 aliphatic heterocycles. The molecule has 0 aliphatic carbocycles. The molecule has 0 aromatic heterocycles. The quantitative estimate of drug-likeness (QED) is 0.0116. The van der Waals surface area contributed by atoms with Crippen LogP contribution in [0.4, 0.5) is 0 Å². The Morgan fingerprint density at radius 2 is 0.701 bits per heavy atom. The van der Waals surface area contributed by atoms with Gasteiger partial charge in [0.15, 0.2) is 29.8 Å². The topological polar surface area (TPSA) is 980 Å². The molecule has 2 heterocycles. The minimum Gasteiger partial charge on any atom is -0.480 e. The predicted molar refractivity (Wildman–Crippen MR) is 498 cm³/mol. The number of carboxylic acids is 1. The molecule has 2 saturated heterocycles. The average molecular weight is 1990 g/mol. The molecule has 45 N–H and O–H groups in total. The highest BCUT2D eigenvalue weighted by molar-refractivity contribution is 7.80. The summed E-state index contributed by atoms with van der Waals surface area (Å²) in [5.41, 5.74) is 44.1. The number of carboxylic acid groups (broad SMARTS) is 1. The second-order valence-electron chi connectivity index (χ2n) is 32.1. The SMILES string of the molecule is C[C@H](NC(=O)CNC(=O)[C@H](CCCNC(=N)N)NC(=O)[C@H](CCC(N)=O)NC(=O)[C@H](CCCNC(=N)N)NC(=O)[C@H](CS)NC(=O)[C@H](CO)NC(=O)CNC(=O)[C@H](C)NC(=O)[C@@H](N)CCCNC(=N)N)C(=O)N[C@@H](CCCNC(=N)N)C(=O)N[C@@H](CS)C(=O)N[C@@H](CO)C(=O)N[C@H](C(=O)N[C@@H](CCCCN)C(=O)N1CCC[C@H]1C(=O)N[C@@H](CCCNC(=N)N)C(=O)N1CCC[C@H]1C(=O)O)[C@@H](C)O. The largest absolute Gasteiger partial charge is 0.480 e. The number of nitrogens with two attached hydrogens (primary N) is 8. The standard InChI is InChI=1S/C77H139N35O23S2/c1-37(99-59(121)40(79)13-6-24-91-73(81)82)57(119)96-32-55(118)100-47(33-113)64(126)109-49(35-136)66(128)103-43(17-9-27-94-76(87)88)61(123)104-44(21-22-53(80)116)63(125)102-41(15-7-25-92-74(83)84)60(122)97-31-54(117)98-38(2)58(120)101-42(16-8-26-93-75(85)86)62(124)108-50(36-137)67(129)107-48(34-114)65(127)110-56(39(3)115)69(131)106-45(14-4-5-23-78)70(132)111-29-11-19-51(111)68(130)105-46(18-10-28-95-77(89)90)71(133)112-30-12-20-52(112)72(134)135/h37-52,56,113-115,136-137H,4-36,78-79H2,1-3H3,(H2,80,116)(H,96,119)(H,97,122)(H,98,117)(H,99,121)(H,100,118)(H,101,120)(H,102,125)(H,103,128)(H,104,123)(H,105,130)(H,106,131)(H,107,129)(H,108,124)(H,109,126)(H,110,127)(H,134,135)(H4,81,82,91)(H4,83,84,92)(H4,85,86,93)(H4,87,88,94)(H4,89,90,95)/t37-,38-,39+,40-,41-,42-,43-,44-,45-,46-,47-,48-,49-,50-,51-,52-,56-/m0/s1.